The van der Waals surface area contributed by atoms with Crippen LogP contribution in [0.2, 0.25) is 0 Å². The smallest absolute Gasteiger partial charge is 0.221 e. The van der Waals surface area contributed by atoms with Crippen LogP contribution in [0.3, 0.4) is 0 Å². The molecule has 1 aromatic rings. The van der Waals surface area contributed by atoms with Crippen LogP contribution in [-0.4, -0.2) is 24.5 Å². The second-order valence-corrected chi connectivity index (χ2v) is 5.27. The van der Waals surface area contributed by atoms with Gasteiger partial charge in [0.2, 0.25) is 5.11 Å². The van der Waals surface area contributed by atoms with Crippen LogP contribution in [0.15, 0.2) is 18.2 Å². The largest absolute Gasteiger partial charge is 0.490 e. The summed E-state index contributed by atoms with van der Waals surface area (Å²) >= 11 is 4.72. The molecular formula is C16H26N3O2S+. The molecule has 0 spiro atoms. The summed E-state index contributed by atoms with van der Waals surface area (Å²) in [7, 11) is 0. The van der Waals surface area contributed by atoms with E-state index in [9.17, 15) is 0 Å². The van der Waals surface area contributed by atoms with E-state index in [-0.39, 0.29) is 5.11 Å². The first-order chi connectivity index (χ1) is 10.7. The predicted molar refractivity (Wildman–Crippen MR) is 93.3 cm³/mol. The molecule has 0 unspecified atom stereocenters. The van der Waals surface area contributed by atoms with Gasteiger partial charge >= 0.3 is 0 Å². The van der Waals surface area contributed by atoms with Gasteiger partial charge in [-0.2, -0.15) is 0 Å². The Morgan fingerprint density at radius 2 is 2.05 bits per heavy atom. The molecule has 0 fully saturated rings. The number of nitrogens with one attached hydrogen (secondary N) is 2. The van der Waals surface area contributed by atoms with Crippen molar-refractivity contribution in [3.8, 4) is 11.5 Å². The Bertz CT molecular complexity index is 492. The SMILES string of the molecule is CCCCCCOc1ccc(C=[NH+]NC(N)=S)cc1OCC. The molecule has 4 N–H and O–H groups in total. The number of rotatable bonds is 10. The van der Waals surface area contributed by atoms with Gasteiger partial charge in [0.15, 0.2) is 17.7 Å². The van der Waals surface area contributed by atoms with Crippen LogP contribution in [0, 0.1) is 0 Å². The van der Waals surface area contributed by atoms with Crippen molar-refractivity contribution < 1.29 is 14.6 Å². The summed E-state index contributed by atoms with van der Waals surface area (Å²) in [4.78, 5) is 0. The highest BCUT2D eigenvalue weighted by atomic mass is 32.1. The molecule has 0 atom stereocenters. The second kappa shape index (κ2) is 10.8. The third-order valence-electron chi connectivity index (χ3n) is 2.96. The van der Waals surface area contributed by atoms with Crippen LogP contribution >= 0.6 is 12.2 Å². The zero-order valence-corrected chi connectivity index (χ0v) is 14.2. The van der Waals surface area contributed by atoms with Gasteiger partial charge in [0.1, 0.15) is 0 Å². The number of unbranched alkanes of at least 4 members (excludes halogenated alkanes) is 3. The lowest BCUT2D eigenvalue weighted by Crippen LogP contribution is -2.82. The zero-order valence-electron chi connectivity index (χ0n) is 13.4. The molecule has 1 rings (SSSR count). The minimum Gasteiger partial charge on any atom is -0.490 e. The van der Waals surface area contributed by atoms with Crippen LogP contribution in [0.1, 0.15) is 45.1 Å². The first kappa shape index (κ1) is 18.2. The Kier molecular flexibility index (Phi) is 8.98. The summed E-state index contributed by atoms with van der Waals surface area (Å²) in [6, 6.07) is 5.77. The average Bonchev–Trinajstić information content (AvgIpc) is 2.49. The van der Waals surface area contributed by atoms with E-state index in [4.69, 9.17) is 27.4 Å². The van der Waals surface area contributed by atoms with Crippen molar-refractivity contribution in [3.05, 3.63) is 23.8 Å². The van der Waals surface area contributed by atoms with Gasteiger partial charge in [-0.15, -0.1) is 10.5 Å². The molecule has 122 valence electrons. The maximum absolute atomic E-state index is 5.82. The fourth-order valence-electron chi connectivity index (χ4n) is 1.90. The van der Waals surface area contributed by atoms with Crippen LogP contribution in [-0.2, 0) is 0 Å². The van der Waals surface area contributed by atoms with E-state index in [1.165, 1.54) is 19.3 Å². The Labute approximate surface area is 137 Å². The number of ether oxygens (including phenoxy) is 2. The molecule has 0 heterocycles. The Balaban J connectivity index is 2.64. The molecule has 0 aromatic heterocycles. The van der Waals surface area contributed by atoms with Gasteiger partial charge in [-0.25, -0.2) is 0 Å². The summed E-state index contributed by atoms with van der Waals surface area (Å²) in [6.07, 6.45) is 6.49. The van der Waals surface area contributed by atoms with Gasteiger partial charge in [-0.3, -0.25) is 0 Å². The Morgan fingerprint density at radius 1 is 1.23 bits per heavy atom. The molecule has 22 heavy (non-hydrogen) atoms. The lowest BCUT2D eigenvalue weighted by molar-refractivity contribution is -0.499. The summed E-state index contributed by atoms with van der Waals surface area (Å²) in [5.41, 5.74) is 8.92. The van der Waals surface area contributed by atoms with E-state index in [2.05, 4.69) is 17.5 Å². The van der Waals surface area contributed by atoms with Gasteiger partial charge in [-0.1, -0.05) is 26.2 Å². The summed E-state index contributed by atoms with van der Waals surface area (Å²) in [6.45, 7) is 5.45. The van der Waals surface area contributed by atoms with E-state index in [0.29, 0.717) is 13.2 Å². The van der Waals surface area contributed by atoms with Crippen molar-refractivity contribution in [2.45, 2.75) is 39.5 Å². The summed E-state index contributed by atoms with van der Waals surface area (Å²) in [5.74, 6) is 1.52. The summed E-state index contributed by atoms with van der Waals surface area (Å²) < 4.78 is 11.5. The van der Waals surface area contributed by atoms with E-state index in [1.807, 2.05) is 25.1 Å². The average molecular weight is 324 g/mol. The minimum atomic E-state index is 0.188. The maximum Gasteiger partial charge on any atom is 0.221 e. The fraction of sp³-hybridized carbons (Fsp3) is 0.500. The first-order valence-corrected chi connectivity index (χ1v) is 8.12. The lowest BCUT2D eigenvalue weighted by atomic mass is 10.2. The number of hydrogen-bond donors (Lipinski definition) is 3. The molecule has 0 aliphatic carbocycles. The number of thiocarbonyl (C=S) groups is 1. The van der Waals surface area contributed by atoms with Crippen molar-refractivity contribution in [2.24, 2.45) is 5.73 Å². The molecule has 0 amide bonds. The highest BCUT2D eigenvalue weighted by Crippen LogP contribution is 2.28. The third kappa shape index (κ3) is 7.26. The molecule has 0 aliphatic heterocycles. The van der Waals surface area contributed by atoms with Crippen LogP contribution in [0.25, 0.3) is 0 Å². The van der Waals surface area contributed by atoms with E-state index < -0.39 is 0 Å². The zero-order chi connectivity index (χ0) is 16.2. The number of benzene rings is 1. The predicted octanol–water partition coefficient (Wildman–Crippen LogP) is 1.29. The Morgan fingerprint density at radius 3 is 2.73 bits per heavy atom. The third-order valence-corrected chi connectivity index (χ3v) is 3.06. The molecule has 1 aromatic carbocycles. The molecule has 0 saturated heterocycles. The van der Waals surface area contributed by atoms with Crippen molar-refractivity contribution in [2.75, 3.05) is 13.2 Å². The quantitative estimate of drug-likeness (QED) is 0.262. The van der Waals surface area contributed by atoms with E-state index in [1.54, 1.807) is 6.21 Å². The van der Waals surface area contributed by atoms with Crippen molar-refractivity contribution in [1.29, 1.82) is 0 Å². The maximum atomic E-state index is 5.82. The molecule has 6 heteroatoms. The minimum absolute atomic E-state index is 0.188. The van der Waals surface area contributed by atoms with Gasteiger partial charge in [-0.05, 0) is 43.8 Å². The highest BCUT2D eigenvalue weighted by molar-refractivity contribution is 7.80. The first-order valence-electron chi connectivity index (χ1n) is 7.71. The van der Waals surface area contributed by atoms with Gasteiger partial charge in [0.25, 0.3) is 0 Å². The van der Waals surface area contributed by atoms with E-state index in [0.717, 1.165) is 23.5 Å². The number of hydrazone groups is 1. The molecule has 0 bridgehead atoms. The van der Waals surface area contributed by atoms with Gasteiger partial charge in [0, 0.05) is 5.56 Å². The topological polar surface area (TPSA) is 70.5 Å². The standard InChI is InChI=1S/C16H25N3O2S/c1-3-5-6-7-10-21-14-9-8-13(11-15(14)20-4-2)12-18-19-16(17)22/h8-9,11-12H,3-7,10H2,1-2H3,(H3,17,19,22)/p+1. The normalized spacial score (nSPS) is 10.6. The molecular weight excluding hydrogens is 298 g/mol. The number of nitrogens with two attached hydrogens (primary N) is 1. The van der Waals surface area contributed by atoms with Crippen molar-refractivity contribution in [1.82, 2.24) is 5.43 Å². The number of hydrogen-bond acceptors (Lipinski definition) is 3. The molecule has 0 saturated carbocycles. The molecule has 0 aliphatic rings. The summed E-state index contributed by atoms with van der Waals surface area (Å²) in [5, 5.41) is 3.01. The monoisotopic (exact) mass is 324 g/mol. The van der Waals surface area contributed by atoms with Crippen LogP contribution in [0.4, 0.5) is 0 Å². The number of hydrazine groups is 1. The van der Waals surface area contributed by atoms with E-state index >= 15 is 0 Å². The Hall–Kier alpha value is -1.82. The van der Waals surface area contributed by atoms with Gasteiger partial charge < -0.3 is 15.2 Å². The van der Waals surface area contributed by atoms with Crippen LogP contribution < -0.4 is 25.7 Å². The van der Waals surface area contributed by atoms with Crippen LogP contribution in [0.5, 0.6) is 11.5 Å². The van der Waals surface area contributed by atoms with Crippen molar-refractivity contribution >= 4 is 23.5 Å². The highest BCUT2D eigenvalue weighted by Gasteiger charge is 2.07. The molecule has 5 nitrogen and oxygen atoms in total. The van der Waals surface area contributed by atoms with Crippen molar-refractivity contribution in [3.63, 3.8) is 0 Å². The lowest BCUT2D eigenvalue weighted by Gasteiger charge is -2.12. The van der Waals surface area contributed by atoms with Gasteiger partial charge in [0.05, 0.1) is 13.2 Å². The molecule has 0 radical (unpaired) electrons. The second-order valence-electron chi connectivity index (χ2n) is 4.83. The fourth-order valence-corrected chi connectivity index (χ4v) is 1.96.